The number of para-hydroxylation sites is 1. The first-order valence-corrected chi connectivity index (χ1v) is 10.4. The minimum atomic E-state index is -1.37. The van der Waals surface area contributed by atoms with E-state index >= 15 is 0 Å². The summed E-state index contributed by atoms with van der Waals surface area (Å²) < 4.78 is 11.9. The second kappa shape index (κ2) is 7.68. The molecule has 1 radical (unpaired) electrons. The van der Waals surface area contributed by atoms with Gasteiger partial charge in [-0.1, -0.05) is 0 Å². The van der Waals surface area contributed by atoms with Gasteiger partial charge >= 0.3 is 161 Å². The Balaban J connectivity index is 1.43. The van der Waals surface area contributed by atoms with Crippen LogP contribution < -0.4 is 7.06 Å². The van der Waals surface area contributed by atoms with Crippen LogP contribution in [0.25, 0.3) is 22.0 Å². The molecule has 0 aliphatic heterocycles. The average Bonchev–Trinajstić information content (AvgIpc) is 2.69. The Bertz CT molecular complexity index is 1020. The van der Waals surface area contributed by atoms with E-state index in [4.69, 9.17) is 7.06 Å². The van der Waals surface area contributed by atoms with E-state index in [9.17, 15) is 0 Å². The van der Waals surface area contributed by atoms with E-state index in [0.29, 0.717) is 0 Å². The van der Waals surface area contributed by atoms with Crippen LogP contribution in [0.3, 0.4) is 0 Å². The van der Waals surface area contributed by atoms with Crippen molar-refractivity contribution in [3.8, 4) is 22.6 Å². The van der Waals surface area contributed by atoms with Gasteiger partial charge in [0.1, 0.15) is 0 Å². The van der Waals surface area contributed by atoms with Gasteiger partial charge in [-0.3, -0.25) is 0 Å². The van der Waals surface area contributed by atoms with Gasteiger partial charge in [0, 0.05) is 0 Å². The SMILES string of the molecule is Cc1ccc2cccc([O][Ga][O]c3ccc(-c4ccccc4)cc3)c2n1. The average molecular weight is 397 g/mol. The van der Waals surface area contributed by atoms with Crippen LogP contribution in [0.1, 0.15) is 5.69 Å². The van der Waals surface area contributed by atoms with Gasteiger partial charge < -0.3 is 0 Å². The van der Waals surface area contributed by atoms with Gasteiger partial charge in [0.2, 0.25) is 0 Å². The molecule has 1 aromatic heterocycles. The van der Waals surface area contributed by atoms with E-state index in [0.717, 1.165) is 28.1 Å². The molecule has 0 spiro atoms. The fourth-order valence-corrected chi connectivity index (χ4v) is 4.08. The molecule has 1 heterocycles. The number of rotatable bonds is 5. The molecular formula is C22H17GaNO2. The fourth-order valence-electron chi connectivity index (χ4n) is 2.80. The standard InChI is InChI=1S/C12H10O.C10H9NO.Ga/c13-12-8-6-11(7-9-12)10-4-2-1-3-5-10;1-7-5-6-8-3-2-4-9(12)10(8)11-7;/h1-9,13H;2-6,12H,1H3;/q;;+2/p-2. The van der Waals surface area contributed by atoms with Crippen molar-refractivity contribution in [2.45, 2.75) is 6.92 Å². The zero-order valence-corrected chi connectivity index (χ0v) is 16.8. The van der Waals surface area contributed by atoms with Crippen LogP contribution in [0.4, 0.5) is 0 Å². The molecule has 4 rings (SSSR count). The molecule has 0 unspecified atom stereocenters. The molecule has 0 fully saturated rings. The summed E-state index contributed by atoms with van der Waals surface area (Å²) >= 11 is -1.37. The summed E-state index contributed by atoms with van der Waals surface area (Å²) in [5.74, 6) is 1.64. The summed E-state index contributed by atoms with van der Waals surface area (Å²) in [5, 5.41) is 1.08. The zero-order valence-electron chi connectivity index (χ0n) is 14.4. The van der Waals surface area contributed by atoms with Gasteiger partial charge in [0.05, 0.1) is 0 Å². The molecule has 0 aliphatic carbocycles. The monoisotopic (exact) mass is 396 g/mol. The van der Waals surface area contributed by atoms with Crippen molar-refractivity contribution in [1.82, 2.24) is 4.98 Å². The van der Waals surface area contributed by atoms with E-state index in [1.54, 1.807) is 0 Å². The molecule has 0 saturated heterocycles. The number of fused-ring (bicyclic) bond motifs is 1. The number of hydrogen-bond donors (Lipinski definition) is 0. The molecule has 3 aromatic carbocycles. The van der Waals surface area contributed by atoms with Gasteiger partial charge in [0.25, 0.3) is 0 Å². The summed E-state index contributed by atoms with van der Waals surface area (Å²) in [5.41, 5.74) is 4.25. The fraction of sp³-hybridized carbons (Fsp3) is 0.0455. The Morgan fingerprint density at radius 2 is 1.46 bits per heavy atom. The van der Waals surface area contributed by atoms with Gasteiger partial charge in [-0.05, 0) is 0 Å². The van der Waals surface area contributed by atoms with Crippen LogP contribution in [-0.2, 0) is 0 Å². The number of benzene rings is 3. The van der Waals surface area contributed by atoms with Crippen molar-refractivity contribution in [3.63, 3.8) is 0 Å². The van der Waals surface area contributed by atoms with Crippen molar-refractivity contribution in [2.24, 2.45) is 0 Å². The molecule has 125 valence electrons. The second-order valence-corrected chi connectivity index (χ2v) is 7.40. The summed E-state index contributed by atoms with van der Waals surface area (Å²) in [6.07, 6.45) is 0. The summed E-state index contributed by atoms with van der Waals surface area (Å²) in [6.45, 7) is 1.99. The summed E-state index contributed by atoms with van der Waals surface area (Å²) in [4.78, 5) is 4.59. The van der Waals surface area contributed by atoms with E-state index < -0.39 is 18.1 Å². The Labute approximate surface area is 161 Å². The predicted octanol–water partition coefficient (Wildman–Crippen LogP) is 5.20. The van der Waals surface area contributed by atoms with Crippen LogP contribution in [0.15, 0.2) is 84.9 Å². The summed E-state index contributed by atoms with van der Waals surface area (Å²) in [7, 11) is 0. The number of hydrogen-bond acceptors (Lipinski definition) is 3. The third-order valence-electron chi connectivity index (χ3n) is 4.14. The van der Waals surface area contributed by atoms with Crippen molar-refractivity contribution >= 4 is 29.0 Å². The van der Waals surface area contributed by atoms with Crippen molar-refractivity contribution in [1.29, 1.82) is 0 Å². The van der Waals surface area contributed by atoms with E-state index in [1.807, 2.05) is 61.5 Å². The van der Waals surface area contributed by atoms with E-state index in [1.165, 1.54) is 11.1 Å². The van der Waals surface area contributed by atoms with Crippen LogP contribution in [0.2, 0.25) is 0 Å². The number of aryl methyl sites for hydroxylation is 1. The normalized spacial score (nSPS) is 10.5. The topological polar surface area (TPSA) is 31.4 Å². The molecule has 0 aliphatic rings. The first kappa shape index (κ1) is 16.8. The van der Waals surface area contributed by atoms with Crippen LogP contribution in [-0.4, -0.2) is 23.1 Å². The maximum atomic E-state index is 5.96. The third-order valence-corrected chi connectivity index (χ3v) is 5.65. The predicted molar refractivity (Wildman–Crippen MR) is 105 cm³/mol. The van der Waals surface area contributed by atoms with E-state index in [-0.39, 0.29) is 0 Å². The van der Waals surface area contributed by atoms with Crippen molar-refractivity contribution in [2.75, 3.05) is 0 Å². The number of aromatic nitrogens is 1. The molecule has 4 aromatic rings. The first-order valence-electron chi connectivity index (χ1n) is 8.46. The quantitative estimate of drug-likeness (QED) is 0.434. The van der Waals surface area contributed by atoms with Gasteiger partial charge in [-0.15, -0.1) is 0 Å². The minimum absolute atomic E-state index is 0.798. The maximum absolute atomic E-state index is 5.96. The Hall–Kier alpha value is -2.69. The van der Waals surface area contributed by atoms with Crippen molar-refractivity contribution < 1.29 is 7.06 Å². The zero-order chi connectivity index (χ0) is 17.8. The molecule has 0 N–H and O–H groups in total. The molecule has 3 nitrogen and oxygen atoms in total. The van der Waals surface area contributed by atoms with Gasteiger partial charge in [0.15, 0.2) is 0 Å². The second-order valence-electron chi connectivity index (χ2n) is 6.00. The van der Waals surface area contributed by atoms with Crippen LogP contribution >= 0.6 is 0 Å². The molecule has 0 saturated carbocycles. The molecule has 0 bridgehead atoms. The molecular weight excluding hydrogens is 380 g/mol. The first-order chi connectivity index (χ1) is 12.8. The van der Waals surface area contributed by atoms with Crippen molar-refractivity contribution in [3.05, 3.63) is 90.6 Å². The van der Waals surface area contributed by atoms with E-state index in [2.05, 4.69) is 35.3 Å². The third kappa shape index (κ3) is 3.76. The molecule has 0 amide bonds. The number of pyridine rings is 1. The van der Waals surface area contributed by atoms with Gasteiger partial charge in [-0.25, -0.2) is 0 Å². The number of nitrogens with zero attached hydrogens (tertiary/aromatic N) is 1. The molecule has 26 heavy (non-hydrogen) atoms. The van der Waals surface area contributed by atoms with Crippen LogP contribution in [0, 0.1) is 6.92 Å². The van der Waals surface area contributed by atoms with Gasteiger partial charge in [-0.2, -0.15) is 0 Å². The summed E-state index contributed by atoms with van der Waals surface area (Å²) in [6, 6.07) is 28.5. The Morgan fingerprint density at radius 1 is 0.692 bits per heavy atom. The molecule has 4 heteroatoms. The molecule has 0 atom stereocenters. The Kier molecular flexibility index (Phi) is 4.95. The Morgan fingerprint density at radius 3 is 2.27 bits per heavy atom. The van der Waals surface area contributed by atoms with Crippen LogP contribution in [0.5, 0.6) is 11.5 Å².